The van der Waals surface area contributed by atoms with Crippen molar-refractivity contribution in [3.8, 4) is 0 Å². The van der Waals surface area contributed by atoms with Crippen LogP contribution in [0.3, 0.4) is 0 Å². The highest BCUT2D eigenvalue weighted by molar-refractivity contribution is 6.01. The number of halogens is 1. The predicted octanol–water partition coefficient (Wildman–Crippen LogP) is 3.87. The zero-order valence-corrected chi connectivity index (χ0v) is 20.0. The van der Waals surface area contributed by atoms with E-state index in [0.717, 1.165) is 0 Å². The molecular formula is C26H33FO6. The normalized spacial score (nSPS) is 49.2. The SMILES string of the molecule is CCCC(=O)O[C@]1(C(=O)OC)[C@H](C)C[C@H]2[C@@H]3C[C@H](F)C4=CC(=O)C=C[C@]4(C)[C@@]34O[C@H]4C[C@@]21C. The smallest absolute Gasteiger partial charge is 0.351 e. The average molecular weight is 461 g/mol. The van der Waals surface area contributed by atoms with Gasteiger partial charge < -0.3 is 14.2 Å². The zero-order chi connectivity index (χ0) is 24.0. The molecule has 0 unspecified atom stereocenters. The Morgan fingerprint density at radius 2 is 1.97 bits per heavy atom. The summed E-state index contributed by atoms with van der Waals surface area (Å²) in [5, 5.41) is 0. The number of methoxy groups -OCH3 is 1. The first-order chi connectivity index (χ1) is 15.5. The molecule has 0 aromatic carbocycles. The van der Waals surface area contributed by atoms with Crippen LogP contribution in [-0.2, 0) is 28.6 Å². The second kappa shape index (κ2) is 7.00. The Hall–Kier alpha value is -2.02. The fourth-order valence-electron chi connectivity index (χ4n) is 8.24. The maximum atomic E-state index is 15.6. The molecule has 180 valence electrons. The second-order valence-electron chi connectivity index (χ2n) is 11.1. The fourth-order valence-corrected chi connectivity index (χ4v) is 8.24. The highest BCUT2D eigenvalue weighted by Gasteiger charge is 2.84. The number of ether oxygens (including phenoxy) is 3. The number of alkyl halides is 1. The van der Waals surface area contributed by atoms with Gasteiger partial charge in [0.25, 0.3) is 0 Å². The molecule has 5 aliphatic rings. The van der Waals surface area contributed by atoms with E-state index in [1.165, 1.54) is 19.3 Å². The van der Waals surface area contributed by atoms with Crippen LogP contribution >= 0.6 is 0 Å². The molecule has 0 aromatic heterocycles. The van der Waals surface area contributed by atoms with Crippen LogP contribution < -0.4 is 0 Å². The maximum Gasteiger partial charge on any atom is 0.351 e. The topological polar surface area (TPSA) is 82.2 Å². The highest BCUT2D eigenvalue weighted by atomic mass is 19.1. The van der Waals surface area contributed by atoms with Gasteiger partial charge in [0.05, 0.1) is 13.2 Å². The highest BCUT2D eigenvalue weighted by Crippen LogP contribution is 2.77. The number of esters is 2. The number of ketones is 1. The van der Waals surface area contributed by atoms with Crippen LogP contribution in [0.5, 0.6) is 0 Å². The third-order valence-electron chi connectivity index (χ3n) is 9.68. The van der Waals surface area contributed by atoms with Crippen LogP contribution in [0.25, 0.3) is 0 Å². The van der Waals surface area contributed by atoms with Gasteiger partial charge in [0.15, 0.2) is 5.78 Å². The Kier molecular flexibility index (Phi) is 4.83. The van der Waals surface area contributed by atoms with Crippen molar-refractivity contribution in [3.05, 3.63) is 23.8 Å². The van der Waals surface area contributed by atoms with E-state index < -0.39 is 40.1 Å². The number of hydrogen-bond donors (Lipinski definition) is 0. The molecule has 0 aromatic rings. The minimum absolute atomic E-state index is 0.0950. The molecule has 4 aliphatic carbocycles. The maximum absolute atomic E-state index is 15.6. The van der Waals surface area contributed by atoms with Crippen LogP contribution in [0.15, 0.2) is 23.8 Å². The van der Waals surface area contributed by atoms with Gasteiger partial charge in [-0.2, -0.15) is 0 Å². The van der Waals surface area contributed by atoms with Crippen LogP contribution in [-0.4, -0.2) is 48.3 Å². The Morgan fingerprint density at radius 3 is 2.64 bits per heavy atom. The number of rotatable bonds is 4. The molecule has 0 N–H and O–H groups in total. The molecule has 1 saturated heterocycles. The summed E-state index contributed by atoms with van der Waals surface area (Å²) in [6.45, 7) is 7.78. The molecule has 6 nitrogen and oxygen atoms in total. The van der Waals surface area contributed by atoms with Crippen LogP contribution in [0, 0.1) is 28.6 Å². The van der Waals surface area contributed by atoms with E-state index in [1.807, 2.05) is 33.8 Å². The van der Waals surface area contributed by atoms with Crippen molar-refractivity contribution in [2.45, 2.75) is 83.3 Å². The number of carbonyl (C=O) groups excluding carboxylic acids is 3. The monoisotopic (exact) mass is 460 g/mol. The Balaban J connectivity index is 1.60. The second-order valence-corrected chi connectivity index (χ2v) is 11.1. The minimum atomic E-state index is -1.43. The Morgan fingerprint density at radius 1 is 1.24 bits per heavy atom. The molecule has 0 radical (unpaired) electrons. The van der Waals surface area contributed by atoms with Gasteiger partial charge in [0.2, 0.25) is 5.60 Å². The van der Waals surface area contributed by atoms with E-state index in [4.69, 9.17) is 14.2 Å². The number of carbonyl (C=O) groups is 3. The number of epoxide rings is 1. The lowest BCUT2D eigenvalue weighted by atomic mass is 9.46. The van der Waals surface area contributed by atoms with Gasteiger partial charge in [-0.15, -0.1) is 0 Å². The first-order valence-electron chi connectivity index (χ1n) is 12.1. The van der Waals surface area contributed by atoms with E-state index in [9.17, 15) is 14.4 Å². The summed E-state index contributed by atoms with van der Waals surface area (Å²) < 4.78 is 33.4. The van der Waals surface area contributed by atoms with Crippen molar-refractivity contribution in [1.82, 2.24) is 0 Å². The molecule has 9 atom stereocenters. The summed E-state index contributed by atoms with van der Waals surface area (Å²) in [6, 6.07) is 0. The minimum Gasteiger partial charge on any atom is -0.466 e. The van der Waals surface area contributed by atoms with Crippen molar-refractivity contribution < 1.29 is 33.0 Å². The third-order valence-corrected chi connectivity index (χ3v) is 9.68. The summed E-state index contributed by atoms with van der Waals surface area (Å²) in [6.07, 6.45) is 5.46. The predicted molar refractivity (Wildman–Crippen MR) is 117 cm³/mol. The average Bonchev–Trinajstić information content (AvgIpc) is 3.44. The summed E-state index contributed by atoms with van der Waals surface area (Å²) >= 11 is 0. The lowest BCUT2D eigenvalue weighted by molar-refractivity contribution is -0.207. The standard InChI is InChI=1S/C26H33FO6/c1-6-7-21(29)33-25(22(30)31-5)14(2)10-16-17-12-19(27)18-11-15(28)8-9-23(18,3)26(17)20(32-26)13-24(16,25)4/h8-9,11,14,16-17,19-20H,6-7,10,12-13H2,1-5H3/t14-,16+,17+,19+,20+,23+,24+,25+,26-/m1/s1. The third kappa shape index (κ3) is 2.55. The lowest BCUT2D eigenvalue weighted by Crippen LogP contribution is -2.64. The van der Waals surface area contributed by atoms with E-state index in [-0.39, 0.29) is 42.5 Å². The lowest BCUT2D eigenvalue weighted by Gasteiger charge is -2.56. The molecule has 1 spiro atoms. The van der Waals surface area contributed by atoms with Gasteiger partial charge in [-0.05, 0) is 62.2 Å². The molecular weight excluding hydrogens is 427 g/mol. The van der Waals surface area contributed by atoms with E-state index in [2.05, 4.69) is 0 Å². The van der Waals surface area contributed by atoms with Gasteiger partial charge >= 0.3 is 11.9 Å². The van der Waals surface area contributed by atoms with Gasteiger partial charge in [0, 0.05) is 23.2 Å². The molecule has 1 aliphatic heterocycles. The fraction of sp³-hybridized carbons (Fsp3) is 0.731. The Labute approximate surface area is 193 Å². The van der Waals surface area contributed by atoms with Gasteiger partial charge in [0.1, 0.15) is 11.8 Å². The van der Waals surface area contributed by atoms with Crippen LogP contribution in [0.4, 0.5) is 4.39 Å². The quantitative estimate of drug-likeness (QED) is 0.468. The van der Waals surface area contributed by atoms with Crippen LogP contribution in [0.1, 0.15) is 59.8 Å². The molecule has 7 heteroatoms. The molecule has 1 heterocycles. The summed E-state index contributed by atoms with van der Waals surface area (Å²) in [5.41, 5.74) is -3.01. The summed E-state index contributed by atoms with van der Waals surface area (Å²) in [7, 11) is 1.32. The van der Waals surface area contributed by atoms with Crippen molar-refractivity contribution in [2.75, 3.05) is 7.11 Å². The van der Waals surface area contributed by atoms with Crippen molar-refractivity contribution >= 4 is 17.7 Å². The molecule has 4 fully saturated rings. The van der Waals surface area contributed by atoms with E-state index >= 15 is 4.39 Å². The summed E-state index contributed by atoms with van der Waals surface area (Å²) in [5.74, 6) is -1.69. The van der Waals surface area contributed by atoms with E-state index in [1.54, 1.807) is 0 Å². The largest absolute Gasteiger partial charge is 0.466 e. The van der Waals surface area contributed by atoms with Gasteiger partial charge in [-0.1, -0.05) is 26.8 Å². The first-order valence-corrected chi connectivity index (χ1v) is 12.1. The number of fused-ring (bicyclic) bond motifs is 3. The van der Waals surface area contributed by atoms with Gasteiger partial charge in [-0.3, -0.25) is 9.59 Å². The molecule has 5 rings (SSSR count). The Bertz CT molecular complexity index is 987. The number of allylic oxidation sites excluding steroid dienone is 2. The van der Waals surface area contributed by atoms with Crippen molar-refractivity contribution in [2.24, 2.45) is 28.6 Å². The first kappa shape index (κ1) is 22.8. The molecule has 0 amide bonds. The van der Waals surface area contributed by atoms with Crippen LogP contribution in [0.2, 0.25) is 0 Å². The molecule has 33 heavy (non-hydrogen) atoms. The zero-order valence-electron chi connectivity index (χ0n) is 20.0. The van der Waals surface area contributed by atoms with Crippen molar-refractivity contribution in [1.29, 1.82) is 0 Å². The van der Waals surface area contributed by atoms with E-state index in [0.29, 0.717) is 24.8 Å². The molecule has 3 saturated carbocycles. The van der Waals surface area contributed by atoms with Crippen molar-refractivity contribution in [3.63, 3.8) is 0 Å². The summed E-state index contributed by atoms with van der Waals surface area (Å²) in [4.78, 5) is 38.1. The molecule has 0 bridgehead atoms. The number of hydrogen-bond acceptors (Lipinski definition) is 6. The van der Waals surface area contributed by atoms with Gasteiger partial charge in [-0.25, -0.2) is 9.18 Å².